The van der Waals surface area contributed by atoms with E-state index in [1.54, 1.807) is 6.07 Å². The normalized spacial score (nSPS) is 18.7. The number of hydrogen-bond acceptors (Lipinski definition) is 1. The van der Waals surface area contributed by atoms with Crippen LogP contribution in [0.3, 0.4) is 0 Å². The highest BCUT2D eigenvalue weighted by Gasteiger charge is 2.31. The van der Waals surface area contributed by atoms with Crippen LogP contribution in [-0.4, -0.2) is 18.3 Å². The highest BCUT2D eigenvalue weighted by molar-refractivity contribution is 8.32. The van der Waals surface area contributed by atoms with E-state index < -0.39 is 10.0 Å². The minimum Gasteiger partial charge on any atom is -0.402 e. The van der Waals surface area contributed by atoms with Crippen LogP contribution in [0.25, 0.3) is 0 Å². The standard InChI is InChI=1S/C22H26FNS/c1-16-19(18-11-7-8-12-21(18)23)13-22(24)20(16)15-25(2,3)14-17-9-5-4-6-10-17/h4-12,19H,1,13-15,24H2,2-3H3. The van der Waals surface area contributed by atoms with Gasteiger partial charge in [-0.3, -0.25) is 0 Å². The van der Waals surface area contributed by atoms with Gasteiger partial charge < -0.3 is 5.73 Å². The number of benzene rings is 2. The van der Waals surface area contributed by atoms with Gasteiger partial charge in [-0.1, -0.05) is 55.1 Å². The lowest BCUT2D eigenvalue weighted by Crippen LogP contribution is -2.10. The molecule has 1 unspecified atom stereocenters. The molecule has 2 aromatic rings. The Morgan fingerprint density at radius 1 is 1.04 bits per heavy atom. The lowest BCUT2D eigenvalue weighted by molar-refractivity contribution is 0.598. The Balaban J connectivity index is 1.77. The Labute approximate surface area is 151 Å². The molecule has 3 rings (SSSR count). The molecule has 0 spiro atoms. The molecular formula is C22H26FNS. The third kappa shape index (κ3) is 3.98. The van der Waals surface area contributed by atoms with Gasteiger partial charge in [-0.15, -0.1) is 0 Å². The first kappa shape index (κ1) is 17.8. The second-order valence-electron chi connectivity index (χ2n) is 7.35. The first-order valence-corrected chi connectivity index (χ1v) is 11.3. The second-order valence-corrected chi connectivity index (χ2v) is 11.5. The summed E-state index contributed by atoms with van der Waals surface area (Å²) in [6, 6.07) is 17.5. The average molecular weight is 356 g/mol. The van der Waals surface area contributed by atoms with Crippen LogP contribution in [0.15, 0.2) is 78.0 Å². The van der Waals surface area contributed by atoms with Crippen LogP contribution >= 0.6 is 10.0 Å². The molecule has 0 heterocycles. The van der Waals surface area contributed by atoms with Gasteiger partial charge in [-0.2, -0.15) is 0 Å². The van der Waals surface area contributed by atoms with E-state index in [9.17, 15) is 4.39 Å². The summed E-state index contributed by atoms with van der Waals surface area (Å²) < 4.78 is 14.2. The molecule has 0 bridgehead atoms. The van der Waals surface area contributed by atoms with Gasteiger partial charge in [0.15, 0.2) is 0 Å². The molecule has 0 amide bonds. The topological polar surface area (TPSA) is 26.0 Å². The summed E-state index contributed by atoms with van der Waals surface area (Å²) in [5.41, 5.74) is 11.5. The lowest BCUT2D eigenvalue weighted by Gasteiger charge is -2.33. The van der Waals surface area contributed by atoms with Crippen LogP contribution in [-0.2, 0) is 5.75 Å². The minimum absolute atomic E-state index is 0.0249. The highest BCUT2D eigenvalue weighted by atomic mass is 32.3. The minimum atomic E-state index is -0.892. The Kier molecular flexibility index (Phi) is 5.05. The fourth-order valence-electron chi connectivity index (χ4n) is 3.59. The van der Waals surface area contributed by atoms with Gasteiger partial charge in [0.25, 0.3) is 0 Å². The van der Waals surface area contributed by atoms with Gasteiger partial charge in [-0.05, 0) is 47.3 Å². The van der Waals surface area contributed by atoms with Gasteiger partial charge >= 0.3 is 0 Å². The number of rotatable bonds is 5. The predicted octanol–water partition coefficient (Wildman–Crippen LogP) is 5.35. The molecule has 25 heavy (non-hydrogen) atoms. The molecule has 0 radical (unpaired) electrons. The molecule has 2 aromatic carbocycles. The van der Waals surface area contributed by atoms with Crippen molar-refractivity contribution in [3.8, 4) is 0 Å². The molecule has 2 N–H and O–H groups in total. The van der Waals surface area contributed by atoms with Crippen molar-refractivity contribution in [3.05, 3.63) is 95.0 Å². The monoisotopic (exact) mass is 355 g/mol. The van der Waals surface area contributed by atoms with Crippen molar-refractivity contribution in [1.29, 1.82) is 0 Å². The summed E-state index contributed by atoms with van der Waals surface area (Å²) in [5.74, 6) is 1.81. The van der Waals surface area contributed by atoms with Crippen LogP contribution in [0.4, 0.5) is 4.39 Å². The van der Waals surface area contributed by atoms with E-state index in [1.807, 2.05) is 18.2 Å². The molecule has 1 aliphatic rings. The summed E-state index contributed by atoms with van der Waals surface area (Å²) in [6.07, 6.45) is 5.35. The van der Waals surface area contributed by atoms with Crippen LogP contribution in [0.5, 0.6) is 0 Å². The Hall–Kier alpha value is -2.00. The quantitative estimate of drug-likeness (QED) is 0.769. The maximum atomic E-state index is 14.2. The average Bonchev–Trinajstić information content (AvgIpc) is 2.83. The van der Waals surface area contributed by atoms with Crippen molar-refractivity contribution in [1.82, 2.24) is 0 Å². The van der Waals surface area contributed by atoms with Gasteiger partial charge in [-0.25, -0.2) is 14.4 Å². The highest BCUT2D eigenvalue weighted by Crippen LogP contribution is 2.51. The Bertz CT molecular complexity index is 808. The molecular weight excluding hydrogens is 329 g/mol. The van der Waals surface area contributed by atoms with Gasteiger partial charge in [0.1, 0.15) is 5.82 Å². The van der Waals surface area contributed by atoms with Crippen molar-refractivity contribution >= 4 is 10.0 Å². The van der Waals surface area contributed by atoms with Crippen LogP contribution in [0, 0.1) is 5.82 Å². The molecule has 0 saturated heterocycles. The summed E-state index contributed by atoms with van der Waals surface area (Å²) in [4.78, 5) is 0. The SMILES string of the molecule is C=C1C(CS(C)(C)Cc2ccccc2)=C(N)CC1c1ccccc1F. The van der Waals surface area contributed by atoms with E-state index in [-0.39, 0.29) is 11.7 Å². The Morgan fingerprint density at radius 3 is 2.36 bits per heavy atom. The third-order valence-electron chi connectivity index (χ3n) is 4.84. The maximum absolute atomic E-state index is 14.2. The van der Waals surface area contributed by atoms with E-state index in [0.29, 0.717) is 12.0 Å². The zero-order valence-electron chi connectivity index (χ0n) is 15.0. The van der Waals surface area contributed by atoms with Crippen molar-refractivity contribution < 1.29 is 4.39 Å². The molecule has 0 aliphatic heterocycles. The van der Waals surface area contributed by atoms with Gasteiger partial charge in [0.2, 0.25) is 0 Å². The van der Waals surface area contributed by atoms with Crippen molar-refractivity contribution in [3.63, 3.8) is 0 Å². The Morgan fingerprint density at radius 2 is 1.68 bits per heavy atom. The third-order valence-corrected chi connectivity index (χ3v) is 7.02. The molecule has 0 aromatic heterocycles. The molecule has 0 fully saturated rings. The van der Waals surface area contributed by atoms with E-state index in [2.05, 4.69) is 43.4 Å². The van der Waals surface area contributed by atoms with E-state index >= 15 is 0 Å². The number of allylic oxidation sites excluding steroid dienone is 2. The first-order valence-electron chi connectivity index (χ1n) is 8.51. The molecule has 0 saturated carbocycles. The van der Waals surface area contributed by atoms with Gasteiger partial charge in [0.05, 0.1) is 0 Å². The number of hydrogen-bond donors (Lipinski definition) is 1. The van der Waals surface area contributed by atoms with Crippen LogP contribution in [0.1, 0.15) is 23.5 Å². The predicted molar refractivity (Wildman–Crippen MR) is 109 cm³/mol. The first-order chi connectivity index (χ1) is 11.9. The lowest BCUT2D eigenvalue weighted by atomic mass is 9.91. The fourth-order valence-corrected chi connectivity index (χ4v) is 5.94. The van der Waals surface area contributed by atoms with E-state index in [4.69, 9.17) is 5.73 Å². The summed E-state index contributed by atoms with van der Waals surface area (Å²) in [7, 11) is -0.892. The zero-order chi connectivity index (χ0) is 18.0. The fraction of sp³-hybridized carbons (Fsp3) is 0.273. The summed E-state index contributed by atoms with van der Waals surface area (Å²) in [5, 5.41) is 0. The van der Waals surface area contributed by atoms with Crippen molar-refractivity contribution in [2.24, 2.45) is 5.73 Å². The van der Waals surface area contributed by atoms with Crippen molar-refractivity contribution in [2.75, 3.05) is 18.3 Å². The van der Waals surface area contributed by atoms with E-state index in [1.165, 1.54) is 11.6 Å². The van der Waals surface area contributed by atoms with E-state index in [0.717, 1.165) is 28.3 Å². The molecule has 1 nitrogen and oxygen atoms in total. The van der Waals surface area contributed by atoms with Crippen molar-refractivity contribution in [2.45, 2.75) is 18.1 Å². The summed E-state index contributed by atoms with van der Waals surface area (Å²) >= 11 is 0. The van der Waals surface area contributed by atoms with Crippen LogP contribution < -0.4 is 5.73 Å². The zero-order valence-corrected chi connectivity index (χ0v) is 15.8. The molecule has 132 valence electrons. The second kappa shape index (κ2) is 7.09. The van der Waals surface area contributed by atoms with Gasteiger partial charge in [0, 0.05) is 23.1 Å². The maximum Gasteiger partial charge on any atom is 0.127 e. The van der Waals surface area contributed by atoms with Crippen LogP contribution in [0.2, 0.25) is 0 Å². The number of nitrogens with two attached hydrogens (primary N) is 1. The largest absolute Gasteiger partial charge is 0.402 e. The smallest absolute Gasteiger partial charge is 0.127 e. The number of halogens is 1. The molecule has 1 atom stereocenters. The molecule has 3 heteroatoms. The summed E-state index contributed by atoms with van der Waals surface area (Å²) in [6.45, 7) is 4.28. The molecule has 1 aliphatic carbocycles.